The zero-order valence-corrected chi connectivity index (χ0v) is 16.5. The summed E-state index contributed by atoms with van der Waals surface area (Å²) in [4.78, 5) is 14.7. The molecular formula is C23H25FN2O3. The molecule has 6 heteroatoms. The van der Waals surface area contributed by atoms with Gasteiger partial charge in [-0.1, -0.05) is 18.2 Å². The van der Waals surface area contributed by atoms with Crippen molar-refractivity contribution < 1.29 is 18.7 Å². The summed E-state index contributed by atoms with van der Waals surface area (Å²) in [6.07, 6.45) is 4.52. The number of hydrogen-bond donors (Lipinski definition) is 1. The lowest BCUT2D eigenvalue weighted by Crippen LogP contribution is -2.43. The molecule has 0 fully saturated rings. The number of methoxy groups -OCH3 is 1. The van der Waals surface area contributed by atoms with Crippen LogP contribution in [0, 0.1) is 5.82 Å². The van der Waals surface area contributed by atoms with Crippen LogP contribution < -0.4 is 14.8 Å². The number of amides is 1. The predicted octanol–water partition coefficient (Wildman–Crippen LogP) is 3.85. The number of halogens is 1. The number of nitrogens with zero attached hydrogens (tertiary/aromatic N) is 1. The van der Waals surface area contributed by atoms with Crippen molar-refractivity contribution >= 4 is 11.5 Å². The number of carbonyl (C=O) groups is 1. The van der Waals surface area contributed by atoms with Gasteiger partial charge in [0.05, 0.1) is 12.7 Å². The van der Waals surface area contributed by atoms with Crippen molar-refractivity contribution in [2.24, 2.45) is 0 Å². The lowest BCUT2D eigenvalue weighted by atomic mass is 9.99. The van der Waals surface area contributed by atoms with Gasteiger partial charge in [-0.05, 0) is 54.8 Å². The molecule has 0 saturated heterocycles. The van der Waals surface area contributed by atoms with Gasteiger partial charge >= 0.3 is 0 Å². The fourth-order valence-electron chi connectivity index (χ4n) is 3.79. The van der Waals surface area contributed by atoms with Crippen LogP contribution in [-0.2, 0) is 0 Å². The topological polar surface area (TPSA) is 50.8 Å². The Kier molecular flexibility index (Phi) is 5.81. The molecule has 2 aliphatic rings. The largest absolute Gasteiger partial charge is 0.497 e. The molecule has 2 aromatic carbocycles. The van der Waals surface area contributed by atoms with E-state index < -0.39 is 0 Å². The van der Waals surface area contributed by atoms with E-state index in [1.54, 1.807) is 25.3 Å². The molecule has 2 heterocycles. The zero-order valence-electron chi connectivity index (χ0n) is 16.5. The molecule has 0 aromatic heterocycles. The lowest BCUT2D eigenvalue weighted by molar-refractivity contribution is 0.0728. The number of rotatable bonds is 6. The van der Waals surface area contributed by atoms with E-state index in [0.29, 0.717) is 17.1 Å². The second-order valence-electron chi connectivity index (χ2n) is 7.37. The van der Waals surface area contributed by atoms with Crippen LogP contribution in [0.15, 0.2) is 48.5 Å². The molecule has 0 saturated carbocycles. The van der Waals surface area contributed by atoms with Crippen molar-refractivity contribution in [3.05, 3.63) is 65.5 Å². The number of carbonyl (C=O) groups excluding carboxylic acids is 1. The molecule has 152 valence electrons. The van der Waals surface area contributed by atoms with Gasteiger partial charge in [0.2, 0.25) is 0 Å². The Hall–Kier alpha value is -2.86. The zero-order chi connectivity index (χ0) is 20.2. The van der Waals surface area contributed by atoms with Gasteiger partial charge < -0.3 is 14.8 Å². The van der Waals surface area contributed by atoms with Crippen molar-refractivity contribution in [3.8, 4) is 11.5 Å². The highest BCUT2D eigenvalue weighted by molar-refractivity contribution is 5.98. The molecular weight excluding hydrogens is 371 g/mol. The van der Waals surface area contributed by atoms with Crippen molar-refractivity contribution in [1.29, 1.82) is 0 Å². The van der Waals surface area contributed by atoms with Gasteiger partial charge in [-0.15, -0.1) is 0 Å². The van der Waals surface area contributed by atoms with Crippen molar-refractivity contribution in [3.63, 3.8) is 0 Å². The van der Waals surface area contributed by atoms with E-state index in [0.717, 1.165) is 44.5 Å². The van der Waals surface area contributed by atoms with Crippen molar-refractivity contribution in [2.45, 2.75) is 25.5 Å². The van der Waals surface area contributed by atoms with Crippen molar-refractivity contribution in [1.82, 2.24) is 10.2 Å². The Balaban J connectivity index is 1.27. The fourth-order valence-corrected chi connectivity index (χ4v) is 3.79. The van der Waals surface area contributed by atoms with Crippen LogP contribution in [0.4, 0.5) is 4.39 Å². The molecule has 2 aliphatic heterocycles. The average molecular weight is 396 g/mol. The van der Waals surface area contributed by atoms with E-state index in [-0.39, 0.29) is 18.0 Å². The molecule has 0 aliphatic carbocycles. The van der Waals surface area contributed by atoms with Gasteiger partial charge in [0, 0.05) is 25.6 Å². The smallest absolute Gasteiger partial charge is 0.257 e. The van der Waals surface area contributed by atoms with Gasteiger partial charge in [0.25, 0.3) is 5.91 Å². The number of ether oxygens (including phenoxy) is 2. The lowest BCUT2D eigenvalue weighted by Gasteiger charge is -2.29. The summed E-state index contributed by atoms with van der Waals surface area (Å²) >= 11 is 0. The normalized spacial score (nSPS) is 19.0. The minimum atomic E-state index is -0.322. The first-order valence-corrected chi connectivity index (χ1v) is 9.95. The van der Waals surface area contributed by atoms with Crippen LogP contribution in [0.1, 0.15) is 35.2 Å². The van der Waals surface area contributed by atoms with E-state index in [9.17, 15) is 9.18 Å². The van der Waals surface area contributed by atoms with Crippen LogP contribution >= 0.6 is 0 Å². The third-order valence-electron chi connectivity index (χ3n) is 5.44. The highest BCUT2D eigenvalue weighted by Gasteiger charge is 2.25. The van der Waals surface area contributed by atoms with E-state index >= 15 is 0 Å². The molecule has 2 aromatic rings. The average Bonchev–Trinajstić information content (AvgIpc) is 2.74. The standard InChI is InChI=1S/C23H25FN2O3/c1-28-19-8-9-20-21(15-19)29-22(25-23(20)27)3-2-12-26-13-10-17(11-14-26)16-4-6-18(24)7-5-16/h4-10,15,22H,2-3,11-14H2,1H3,(H,25,27). The minimum Gasteiger partial charge on any atom is -0.497 e. The summed E-state index contributed by atoms with van der Waals surface area (Å²) in [7, 11) is 1.59. The second-order valence-corrected chi connectivity index (χ2v) is 7.37. The minimum absolute atomic E-state index is 0.108. The number of nitrogens with one attached hydrogen (secondary N) is 1. The van der Waals surface area contributed by atoms with Crippen LogP contribution in [0.25, 0.3) is 5.57 Å². The summed E-state index contributed by atoms with van der Waals surface area (Å²) < 4.78 is 24.2. The van der Waals surface area contributed by atoms with Crippen LogP contribution in [0.2, 0.25) is 0 Å². The summed E-state index contributed by atoms with van der Waals surface area (Å²) in [5.74, 6) is 0.936. The first-order valence-electron chi connectivity index (χ1n) is 9.95. The highest BCUT2D eigenvalue weighted by atomic mass is 19.1. The molecule has 4 rings (SSSR count). The Morgan fingerprint density at radius 3 is 2.79 bits per heavy atom. The Bertz CT molecular complexity index is 911. The number of fused-ring (bicyclic) bond motifs is 1. The molecule has 1 amide bonds. The maximum atomic E-state index is 13.1. The molecule has 0 radical (unpaired) electrons. The number of benzene rings is 2. The third kappa shape index (κ3) is 4.59. The summed E-state index contributed by atoms with van der Waals surface area (Å²) in [5, 5.41) is 2.92. The van der Waals surface area contributed by atoms with Gasteiger partial charge in [-0.25, -0.2) is 4.39 Å². The summed E-state index contributed by atoms with van der Waals surface area (Å²) in [6.45, 7) is 2.79. The quantitative estimate of drug-likeness (QED) is 0.806. The van der Waals surface area contributed by atoms with E-state index in [1.807, 2.05) is 12.1 Å². The highest BCUT2D eigenvalue weighted by Crippen LogP contribution is 2.29. The van der Waals surface area contributed by atoms with Gasteiger partial charge in [0.1, 0.15) is 17.3 Å². The SMILES string of the molecule is COc1ccc2c(c1)OC(CCCN1CC=C(c3ccc(F)cc3)CC1)NC2=O. The van der Waals surface area contributed by atoms with Crippen LogP contribution in [0.5, 0.6) is 11.5 Å². The Morgan fingerprint density at radius 2 is 2.07 bits per heavy atom. The monoisotopic (exact) mass is 396 g/mol. The molecule has 29 heavy (non-hydrogen) atoms. The van der Waals surface area contributed by atoms with E-state index in [2.05, 4.69) is 16.3 Å². The molecule has 1 atom stereocenters. The van der Waals surface area contributed by atoms with Gasteiger partial charge in [-0.3, -0.25) is 9.69 Å². The predicted molar refractivity (Wildman–Crippen MR) is 110 cm³/mol. The molecule has 5 nitrogen and oxygen atoms in total. The summed E-state index contributed by atoms with van der Waals surface area (Å²) in [6, 6.07) is 11.9. The van der Waals surface area contributed by atoms with E-state index in [4.69, 9.17) is 9.47 Å². The van der Waals surface area contributed by atoms with E-state index in [1.165, 1.54) is 17.7 Å². The first-order chi connectivity index (χ1) is 14.1. The van der Waals surface area contributed by atoms with Crippen LogP contribution in [0.3, 0.4) is 0 Å². The number of hydrogen-bond acceptors (Lipinski definition) is 4. The van der Waals surface area contributed by atoms with Crippen LogP contribution in [-0.4, -0.2) is 43.8 Å². The Morgan fingerprint density at radius 1 is 1.24 bits per heavy atom. The summed E-state index contributed by atoms with van der Waals surface area (Å²) in [5.41, 5.74) is 2.91. The molecule has 0 bridgehead atoms. The Labute approximate surface area is 170 Å². The maximum absolute atomic E-state index is 13.1. The van der Waals surface area contributed by atoms with Gasteiger partial charge in [-0.2, -0.15) is 0 Å². The molecule has 0 spiro atoms. The maximum Gasteiger partial charge on any atom is 0.257 e. The molecule has 1 unspecified atom stereocenters. The molecule has 1 N–H and O–H groups in total. The second kappa shape index (κ2) is 8.66. The van der Waals surface area contributed by atoms with Gasteiger partial charge in [0.15, 0.2) is 6.23 Å². The fraction of sp³-hybridized carbons (Fsp3) is 0.348. The van der Waals surface area contributed by atoms with Crippen molar-refractivity contribution in [2.75, 3.05) is 26.7 Å². The third-order valence-corrected chi connectivity index (χ3v) is 5.44. The first kappa shape index (κ1) is 19.5.